The Morgan fingerprint density at radius 1 is 0.857 bits per heavy atom. The fraction of sp³-hybridized carbons (Fsp3) is 0.318. The van der Waals surface area contributed by atoms with E-state index in [1.165, 1.54) is 27.9 Å². The number of benzene rings is 2. The third-order valence-corrected chi connectivity index (χ3v) is 7.63. The van der Waals surface area contributed by atoms with Gasteiger partial charge in [0.2, 0.25) is 6.67 Å². The van der Waals surface area contributed by atoms with Crippen molar-refractivity contribution in [2.24, 2.45) is 0 Å². The summed E-state index contributed by atoms with van der Waals surface area (Å²) in [7, 11) is 2.08. The first-order valence-corrected chi connectivity index (χ1v) is 11.0. The third-order valence-electron chi connectivity index (χ3n) is 4.97. The second-order valence-corrected chi connectivity index (χ2v) is 9.92. The van der Waals surface area contributed by atoms with Crippen molar-refractivity contribution in [1.29, 1.82) is 0 Å². The molecule has 0 saturated heterocycles. The summed E-state index contributed by atoms with van der Waals surface area (Å²) in [5, 5.41) is 0.946. The molecule has 0 aromatic heterocycles. The van der Waals surface area contributed by atoms with Gasteiger partial charge in [0.1, 0.15) is 0 Å². The van der Waals surface area contributed by atoms with Crippen molar-refractivity contribution in [3.63, 3.8) is 0 Å². The van der Waals surface area contributed by atoms with Crippen LogP contribution in [0.25, 0.3) is 0 Å². The molecule has 0 fully saturated rings. The monoisotopic (exact) mass is 396 g/mol. The Labute approximate surface area is 169 Å². The van der Waals surface area contributed by atoms with Gasteiger partial charge in [0.15, 0.2) is 0 Å². The van der Waals surface area contributed by atoms with Crippen LogP contribution in [0.1, 0.15) is 22.3 Å². The van der Waals surface area contributed by atoms with E-state index >= 15 is 0 Å². The van der Waals surface area contributed by atoms with Crippen LogP contribution in [0.15, 0.2) is 48.8 Å². The van der Waals surface area contributed by atoms with Crippen molar-refractivity contribution in [2.45, 2.75) is 27.3 Å². The van der Waals surface area contributed by atoms with Crippen molar-refractivity contribution < 1.29 is 13.3 Å². The van der Waals surface area contributed by atoms with Crippen LogP contribution in [0.2, 0.25) is 0 Å². The van der Waals surface area contributed by atoms with Gasteiger partial charge >= 0.3 is 8.80 Å². The molecule has 2 aromatic rings. The van der Waals surface area contributed by atoms with Gasteiger partial charge in [0.05, 0.1) is 0 Å². The van der Waals surface area contributed by atoms with Gasteiger partial charge in [-0.2, -0.15) is 0 Å². The number of hydrogen-bond donors (Lipinski definition) is 0. The fourth-order valence-electron chi connectivity index (χ4n) is 3.73. The Balaban J connectivity index is 1.69. The normalized spacial score (nSPS) is 14.2. The maximum atomic E-state index is 5.54. The Bertz CT molecular complexity index is 816. The molecule has 6 heteroatoms. The first-order chi connectivity index (χ1) is 13.4. The third kappa shape index (κ3) is 4.00. The maximum Gasteiger partial charge on any atom is 0.536 e. The highest BCUT2D eigenvalue weighted by atomic mass is 28.4. The molecule has 0 atom stereocenters. The summed E-state index contributed by atoms with van der Waals surface area (Å²) in [6.45, 7) is 10.6. The van der Waals surface area contributed by atoms with Gasteiger partial charge in [0.25, 0.3) is 0 Å². The molecule has 1 aliphatic heterocycles. The van der Waals surface area contributed by atoms with E-state index in [-0.39, 0.29) is 0 Å². The SMILES string of the molecule is CO[Si](OC)(OC)c1ccc(CN2[C]N(c3c(C)cc(C)cc3C)C=C2)cc1. The van der Waals surface area contributed by atoms with Crippen molar-refractivity contribution >= 4 is 19.7 Å². The number of rotatable bonds is 7. The molecule has 5 nitrogen and oxygen atoms in total. The van der Waals surface area contributed by atoms with Crippen LogP contribution < -0.4 is 10.1 Å². The largest absolute Gasteiger partial charge is 0.536 e. The first-order valence-electron chi connectivity index (χ1n) is 9.25. The van der Waals surface area contributed by atoms with Gasteiger partial charge in [0, 0.05) is 51.1 Å². The van der Waals surface area contributed by atoms with E-state index in [4.69, 9.17) is 13.3 Å². The molecule has 2 radical (unpaired) electrons. The van der Waals surface area contributed by atoms with E-state index in [9.17, 15) is 0 Å². The molecule has 0 spiro atoms. The van der Waals surface area contributed by atoms with E-state index in [0.29, 0.717) is 0 Å². The zero-order valence-electron chi connectivity index (χ0n) is 17.4. The Morgan fingerprint density at radius 3 is 1.96 bits per heavy atom. The van der Waals surface area contributed by atoms with Crippen molar-refractivity contribution in [3.8, 4) is 0 Å². The Morgan fingerprint density at radius 2 is 1.43 bits per heavy atom. The minimum absolute atomic E-state index is 0.735. The fourth-order valence-corrected chi connectivity index (χ4v) is 5.51. The summed E-state index contributed by atoms with van der Waals surface area (Å²) in [6, 6.07) is 12.6. The molecule has 148 valence electrons. The molecule has 0 saturated carbocycles. The topological polar surface area (TPSA) is 34.2 Å². The summed E-state index contributed by atoms with van der Waals surface area (Å²) in [5.41, 5.74) is 6.14. The van der Waals surface area contributed by atoms with Crippen LogP contribution in [-0.2, 0) is 19.8 Å². The van der Waals surface area contributed by atoms with Crippen LogP contribution >= 0.6 is 0 Å². The van der Waals surface area contributed by atoms with E-state index < -0.39 is 8.80 Å². The molecule has 3 rings (SSSR count). The minimum Gasteiger partial charge on any atom is -0.373 e. The Kier molecular flexibility index (Phi) is 6.25. The molecule has 1 heterocycles. The summed E-state index contributed by atoms with van der Waals surface area (Å²) in [5.74, 6) is 0. The summed E-state index contributed by atoms with van der Waals surface area (Å²) < 4.78 is 16.6. The predicted octanol–water partition coefficient (Wildman–Crippen LogP) is 3.49. The van der Waals surface area contributed by atoms with E-state index in [1.54, 1.807) is 21.3 Å². The van der Waals surface area contributed by atoms with Gasteiger partial charge in [-0.3, -0.25) is 0 Å². The second-order valence-electron chi connectivity index (χ2n) is 7.01. The van der Waals surface area contributed by atoms with Crippen molar-refractivity contribution in [2.75, 3.05) is 26.2 Å². The first kappa shape index (κ1) is 20.6. The zero-order valence-corrected chi connectivity index (χ0v) is 18.4. The summed E-state index contributed by atoms with van der Waals surface area (Å²) in [6.07, 6.45) is 4.10. The lowest BCUT2D eigenvalue weighted by atomic mass is 10.0. The van der Waals surface area contributed by atoms with Crippen LogP contribution in [0.5, 0.6) is 0 Å². The minimum atomic E-state index is -2.78. The molecule has 0 unspecified atom stereocenters. The highest BCUT2D eigenvalue weighted by Gasteiger charge is 2.40. The van der Waals surface area contributed by atoms with Crippen LogP contribution in [-0.4, -0.2) is 35.0 Å². The standard InChI is InChI=1S/C22H28N2O3Si/c1-17-13-18(2)22(19(3)14-17)24-12-11-23(16-24)15-20-7-9-21(10-8-20)28(25-4,26-5)27-6/h7-14H,15H2,1-6H3. The molecule has 0 bridgehead atoms. The summed E-state index contributed by atoms with van der Waals surface area (Å²) >= 11 is 0. The van der Waals surface area contributed by atoms with Crippen LogP contribution in [0.3, 0.4) is 0 Å². The van der Waals surface area contributed by atoms with Crippen molar-refractivity contribution in [1.82, 2.24) is 4.90 Å². The number of nitrogens with zero attached hydrogens (tertiary/aromatic N) is 2. The van der Waals surface area contributed by atoms with Gasteiger partial charge < -0.3 is 23.1 Å². The highest BCUT2D eigenvalue weighted by molar-refractivity contribution is 6.75. The molecule has 0 amide bonds. The smallest absolute Gasteiger partial charge is 0.373 e. The van der Waals surface area contributed by atoms with E-state index in [1.807, 2.05) is 18.3 Å². The van der Waals surface area contributed by atoms with Gasteiger partial charge in [-0.1, -0.05) is 42.0 Å². The molecule has 28 heavy (non-hydrogen) atoms. The molecule has 0 N–H and O–H groups in total. The lowest BCUT2D eigenvalue weighted by Crippen LogP contribution is -2.54. The average molecular weight is 397 g/mol. The van der Waals surface area contributed by atoms with Crippen LogP contribution in [0.4, 0.5) is 5.69 Å². The average Bonchev–Trinajstić information content (AvgIpc) is 3.12. The zero-order chi connectivity index (χ0) is 20.3. The van der Waals surface area contributed by atoms with Gasteiger partial charge in [-0.25, -0.2) is 0 Å². The molecular weight excluding hydrogens is 368 g/mol. The van der Waals surface area contributed by atoms with E-state index in [0.717, 1.165) is 11.7 Å². The number of aryl methyl sites for hydroxylation is 3. The predicted molar refractivity (Wildman–Crippen MR) is 114 cm³/mol. The number of anilines is 1. The maximum absolute atomic E-state index is 5.54. The quantitative estimate of drug-likeness (QED) is 0.670. The Hall–Kier alpha value is -2.12. The lowest BCUT2D eigenvalue weighted by molar-refractivity contribution is 0.140. The molecule has 0 aliphatic carbocycles. The summed E-state index contributed by atoms with van der Waals surface area (Å²) in [4.78, 5) is 4.12. The van der Waals surface area contributed by atoms with E-state index in [2.05, 4.69) is 67.7 Å². The van der Waals surface area contributed by atoms with Gasteiger partial charge in [-0.05, 0) is 37.5 Å². The lowest BCUT2D eigenvalue weighted by Gasteiger charge is -2.25. The van der Waals surface area contributed by atoms with Crippen molar-refractivity contribution in [3.05, 3.63) is 77.7 Å². The second kappa shape index (κ2) is 8.49. The molecule has 1 aliphatic rings. The molecule has 2 aromatic carbocycles. The molecular formula is C22H28N2O3Si. The number of hydrogen-bond acceptors (Lipinski definition) is 5. The van der Waals surface area contributed by atoms with Gasteiger partial charge in [-0.15, -0.1) is 0 Å². The highest BCUT2D eigenvalue weighted by Crippen LogP contribution is 2.30. The van der Waals surface area contributed by atoms with Crippen LogP contribution in [0, 0.1) is 27.4 Å².